The van der Waals surface area contributed by atoms with Gasteiger partial charge in [-0.05, 0) is 24.6 Å². The van der Waals surface area contributed by atoms with Crippen LogP contribution in [0.3, 0.4) is 0 Å². The second kappa shape index (κ2) is 8.04. The topological polar surface area (TPSA) is 51.7 Å². The van der Waals surface area contributed by atoms with Gasteiger partial charge in [0.25, 0.3) is 5.91 Å². The van der Waals surface area contributed by atoms with Crippen molar-refractivity contribution in [3.05, 3.63) is 65.5 Å². The molecule has 1 aliphatic heterocycles. The van der Waals surface area contributed by atoms with E-state index in [9.17, 15) is 4.79 Å². The molecule has 1 saturated heterocycles. The number of rotatable bonds is 5. The van der Waals surface area contributed by atoms with Crippen LogP contribution in [0.25, 0.3) is 0 Å². The molecule has 1 aromatic heterocycles. The normalized spacial score (nSPS) is 17.5. The Morgan fingerprint density at radius 2 is 1.96 bits per heavy atom. The van der Waals surface area contributed by atoms with Gasteiger partial charge in [-0.1, -0.05) is 36.4 Å². The van der Waals surface area contributed by atoms with Gasteiger partial charge in [0.2, 0.25) is 0 Å². The Morgan fingerprint density at radius 3 is 2.67 bits per heavy atom. The molecule has 0 bridgehead atoms. The molecular weight excluding hydrogens is 304 g/mol. The number of hydrogen-bond donors (Lipinski definition) is 0. The van der Waals surface area contributed by atoms with Crippen molar-refractivity contribution in [1.29, 1.82) is 0 Å². The van der Waals surface area contributed by atoms with Gasteiger partial charge in [-0.25, -0.2) is 0 Å². The summed E-state index contributed by atoms with van der Waals surface area (Å²) in [5.74, 6) is -0.0538. The number of hydrogen-bond acceptors (Lipinski definition) is 4. The second-order valence-electron chi connectivity index (χ2n) is 5.88. The lowest BCUT2D eigenvalue weighted by Crippen LogP contribution is -2.44. The predicted molar refractivity (Wildman–Crippen MR) is 90.2 cm³/mol. The third-order valence-corrected chi connectivity index (χ3v) is 3.92. The molecule has 0 radical (unpaired) electrons. The van der Waals surface area contributed by atoms with Gasteiger partial charge in [0.15, 0.2) is 6.10 Å². The van der Waals surface area contributed by atoms with Crippen LogP contribution in [-0.2, 0) is 27.4 Å². The second-order valence-corrected chi connectivity index (χ2v) is 5.88. The van der Waals surface area contributed by atoms with E-state index < -0.39 is 6.10 Å². The van der Waals surface area contributed by atoms with Gasteiger partial charge < -0.3 is 14.4 Å². The van der Waals surface area contributed by atoms with Gasteiger partial charge in [0.05, 0.1) is 32.1 Å². The minimum absolute atomic E-state index is 0.0538. The Bertz CT molecular complexity index is 669. The van der Waals surface area contributed by atoms with E-state index in [-0.39, 0.29) is 5.91 Å². The lowest BCUT2D eigenvalue weighted by Gasteiger charge is -2.29. The van der Waals surface area contributed by atoms with Crippen molar-refractivity contribution >= 4 is 5.91 Å². The van der Waals surface area contributed by atoms with Crippen LogP contribution < -0.4 is 0 Å². The van der Waals surface area contributed by atoms with Crippen LogP contribution in [0.4, 0.5) is 0 Å². The molecule has 0 spiro atoms. The number of nitrogens with zero attached hydrogens (tertiary/aromatic N) is 2. The molecule has 0 N–H and O–H groups in total. The van der Waals surface area contributed by atoms with Crippen LogP contribution in [-0.4, -0.2) is 41.7 Å². The van der Waals surface area contributed by atoms with Crippen LogP contribution in [0.15, 0.2) is 48.5 Å². The summed E-state index contributed by atoms with van der Waals surface area (Å²) in [5, 5.41) is 0. The van der Waals surface area contributed by atoms with E-state index in [4.69, 9.17) is 9.47 Å². The van der Waals surface area contributed by atoms with Crippen molar-refractivity contribution in [2.75, 3.05) is 19.8 Å². The zero-order chi connectivity index (χ0) is 16.8. The average Bonchev–Trinajstić information content (AvgIpc) is 2.62. The van der Waals surface area contributed by atoms with Crippen LogP contribution in [0.2, 0.25) is 0 Å². The largest absolute Gasteiger partial charge is 0.376 e. The SMILES string of the molecule is Cc1cccc(CN(Cc2ccccc2)C(=O)C2COCCO2)n1. The highest BCUT2D eigenvalue weighted by molar-refractivity contribution is 5.81. The van der Waals surface area contributed by atoms with Crippen molar-refractivity contribution < 1.29 is 14.3 Å². The Balaban J connectivity index is 1.78. The van der Waals surface area contributed by atoms with E-state index >= 15 is 0 Å². The molecule has 0 saturated carbocycles. The van der Waals surface area contributed by atoms with E-state index in [1.807, 2.05) is 55.5 Å². The van der Waals surface area contributed by atoms with Gasteiger partial charge >= 0.3 is 0 Å². The summed E-state index contributed by atoms with van der Waals surface area (Å²) >= 11 is 0. The molecule has 0 aliphatic carbocycles. The minimum Gasteiger partial charge on any atom is -0.376 e. The first kappa shape index (κ1) is 16.6. The van der Waals surface area contributed by atoms with E-state index in [2.05, 4.69) is 4.98 Å². The molecule has 1 amide bonds. The lowest BCUT2D eigenvalue weighted by molar-refractivity contribution is -0.159. The van der Waals surface area contributed by atoms with Gasteiger partial charge in [-0.2, -0.15) is 0 Å². The van der Waals surface area contributed by atoms with Crippen molar-refractivity contribution in [1.82, 2.24) is 9.88 Å². The average molecular weight is 326 g/mol. The molecule has 3 rings (SSSR count). The van der Waals surface area contributed by atoms with Gasteiger partial charge in [-0.3, -0.25) is 9.78 Å². The molecule has 126 valence electrons. The molecule has 2 heterocycles. The third kappa shape index (κ3) is 4.40. The molecule has 1 aromatic carbocycles. The van der Waals surface area contributed by atoms with Crippen molar-refractivity contribution in [2.24, 2.45) is 0 Å². The lowest BCUT2D eigenvalue weighted by atomic mass is 10.2. The monoisotopic (exact) mass is 326 g/mol. The van der Waals surface area contributed by atoms with Crippen LogP contribution in [0, 0.1) is 6.92 Å². The summed E-state index contributed by atoms with van der Waals surface area (Å²) in [4.78, 5) is 19.2. The summed E-state index contributed by atoms with van der Waals surface area (Å²) in [6.07, 6.45) is -0.535. The van der Waals surface area contributed by atoms with Crippen LogP contribution in [0.1, 0.15) is 17.0 Å². The van der Waals surface area contributed by atoms with Crippen molar-refractivity contribution in [3.63, 3.8) is 0 Å². The first-order valence-corrected chi connectivity index (χ1v) is 8.17. The predicted octanol–water partition coefficient (Wildman–Crippen LogP) is 2.33. The molecule has 5 heteroatoms. The number of aryl methyl sites for hydroxylation is 1. The number of aromatic nitrogens is 1. The molecule has 2 aromatic rings. The quantitative estimate of drug-likeness (QED) is 0.846. The summed E-state index contributed by atoms with van der Waals surface area (Å²) in [6, 6.07) is 15.8. The highest BCUT2D eigenvalue weighted by Crippen LogP contribution is 2.14. The zero-order valence-electron chi connectivity index (χ0n) is 13.9. The van der Waals surface area contributed by atoms with Gasteiger partial charge in [-0.15, -0.1) is 0 Å². The number of carbonyl (C=O) groups is 1. The maximum Gasteiger partial charge on any atom is 0.254 e. The maximum atomic E-state index is 12.9. The molecule has 1 atom stereocenters. The molecule has 1 aliphatic rings. The van der Waals surface area contributed by atoms with Gasteiger partial charge in [0.1, 0.15) is 0 Å². The molecule has 24 heavy (non-hydrogen) atoms. The minimum atomic E-state index is -0.535. The smallest absolute Gasteiger partial charge is 0.254 e. The number of benzene rings is 1. The number of ether oxygens (including phenoxy) is 2. The summed E-state index contributed by atoms with van der Waals surface area (Å²) < 4.78 is 11.0. The molecule has 1 fully saturated rings. The Hall–Kier alpha value is -2.24. The molecule has 1 unspecified atom stereocenters. The number of carbonyl (C=O) groups excluding carboxylic acids is 1. The Morgan fingerprint density at radius 1 is 1.12 bits per heavy atom. The fourth-order valence-corrected chi connectivity index (χ4v) is 2.73. The Kier molecular flexibility index (Phi) is 5.56. The van der Waals surface area contributed by atoms with E-state index in [1.165, 1.54) is 0 Å². The summed E-state index contributed by atoms with van der Waals surface area (Å²) in [7, 11) is 0. The highest BCUT2D eigenvalue weighted by atomic mass is 16.6. The van der Waals surface area contributed by atoms with Crippen LogP contribution >= 0.6 is 0 Å². The van der Waals surface area contributed by atoms with E-state index in [0.717, 1.165) is 17.0 Å². The summed E-state index contributed by atoms with van der Waals surface area (Å²) in [6.45, 7) is 4.24. The summed E-state index contributed by atoms with van der Waals surface area (Å²) in [5.41, 5.74) is 2.89. The Labute approximate surface area is 142 Å². The highest BCUT2D eigenvalue weighted by Gasteiger charge is 2.28. The van der Waals surface area contributed by atoms with Crippen molar-refractivity contribution in [2.45, 2.75) is 26.1 Å². The standard InChI is InChI=1S/C19H22N2O3/c1-15-6-5-9-17(20-15)13-21(12-16-7-3-2-4-8-16)19(22)18-14-23-10-11-24-18/h2-9,18H,10-14H2,1H3. The maximum absolute atomic E-state index is 12.9. The number of amides is 1. The molecule has 5 nitrogen and oxygen atoms in total. The number of pyridine rings is 1. The first-order chi connectivity index (χ1) is 11.7. The third-order valence-electron chi connectivity index (χ3n) is 3.92. The van der Waals surface area contributed by atoms with Crippen LogP contribution in [0.5, 0.6) is 0 Å². The van der Waals surface area contributed by atoms with E-state index in [0.29, 0.717) is 32.9 Å². The van der Waals surface area contributed by atoms with E-state index in [1.54, 1.807) is 4.90 Å². The zero-order valence-corrected chi connectivity index (χ0v) is 13.9. The van der Waals surface area contributed by atoms with Crippen molar-refractivity contribution in [3.8, 4) is 0 Å². The molecular formula is C19H22N2O3. The fourth-order valence-electron chi connectivity index (χ4n) is 2.73. The first-order valence-electron chi connectivity index (χ1n) is 8.17. The van der Waals surface area contributed by atoms with Gasteiger partial charge in [0, 0.05) is 12.2 Å². The fraction of sp³-hybridized carbons (Fsp3) is 0.368.